The standard InChI is InChI=1S/C33H26N2/c1-25-31(27-16-8-3-9-17-27)24-32(35(25)29-20-12-5-13-21-29)33-30(26-14-6-2-7-15-26)22-23-34(33)28-18-10-4-11-19-28/h2-24H,1H3. The van der Waals surface area contributed by atoms with Crippen LogP contribution in [0.15, 0.2) is 140 Å². The Labute approximate surface area is 206 Å². The van der Waals surface area contributed by atoms with E-state index < -0.39 is 0 Å². The van der Waals surface area contributed by atoms with Gasteiger partial charge in [-0.15, -0.1) is 0 Å². The molecule has 2 aromatic heterocycles. The van der Waals surface area contributed by atoms with Crippen molar-refractivity contribution in [1.82, 2.24) is 9.13 Å². The molecule has 2 heteroatoms. The Morgan fingerprint density at radius 1 is 0.486 bits per heavy atom. The fraction of sp³-hybridized carbons (Fsp3) is 0.0303. The van der Waals surface area contributed by atoms with E-state index in [-0.39, 0.29) is 0 Å². The molecule has 0 spiro atoms. The highest BCUT2D eigenvalue weighted by Crippen LogP contribution is 2.41. The summed E-state index contributed by atoms with van der Waals surface area (Å²) in [5.74, 6) is 0. The van der Waals surface area contributed by atoms with Crippen LogP contribution in [0, 0.1) is 6.92 Å². The van der Waals surface area contributed by atoms with Gasteiger partial charge in [-0.2, -0.15) is 0 Å². The second-order valence-corrected chi connectivity index (χ2v) is 8.72. The highest BCUT2D eigenvalue weighted by molar-refractivity contribution is 5.86. The Morgan fingerprint density at radius 2 is 0.971 bits per heavy atom. The van der Waals surface area contributed by atoms with Crippen LogP contribution in [0.25, 0.3) is 45.0 Å². The zero-order chi connectivity index (χ0) is 23.6. The van der Waals surface area contributed by atoms with Crippen molar-refractivity contribution in [1.29, 1.82) is 0 Å². The molecular weight excluding hydrogens is 424 g/mol. The Kier molecular flexibility index (Phi) is 5.40. The summed E-state index contributed by atoms with van der Waals surface area (Å²) in [6.07, 6.45) is 2.19. The summed E-state index contributed by atoms with van der Waals surface area (Å²) in [7, 11) is 0. The van der Waals surface area contributed by atoms with Gasteiger partial charge in [0.15, 0.2) is 0 Å². The minimum Gasteiger partial charge on any atom is -0.315 e. The van der Waals surface area contributed by atoms with Crippen LogP contribution < -0.4 is 0 Å². The maximum absolute atomic E-state index is 2.39. The molecule has 0 N–H and O–H groups in total. The molecule has 0 aliphatic carbocycles. The highest BCUT2D eigenvalue weighted by atomic mass is 15.1. The molecule has 0 bridgehead atoms. The van der Waals surface area contributed by atoms with Crippen LogP contribution in [0.1, 0.15) is 5.69 Å². The summed E-state index contributed by atoms with van der Waals surface area (Å²) in [4.78, 5) is 0. The first kappa shape index (κ1) is 21.0. The molecular formula is C33H26N2. The van der Waals surface area contributed by atoms with Crippen molar-refractivity contribution >= 4 is 0 Å². The number of rotatable bonds is 5. The van der Waals surface area contributed by atoms with Crippen molar-refractivity contribution in [3.05, 3.63) is 145 Å². The lowest BCUT2D eigenvalue weighted by Gasteiger charge is -2.17. The molecule has 0 atom stereocenters. The maximum atomic E-state index is 2.39. The van der Waals surface area contributed by atoms with Gasteiger partial charge >= 0.3 is 0 Å². The molecule has 0 radical (unpaired) electrons. The molecule has 0 saturated carbocycles. The van der Waals surface area contributed by atoms with E-state index in [1.54, 1.807) is 0 Å². The van der Waals surface area contributed by atoms with Gasteiger partial charge in [-0.05, 0) is 54.4 Å². The van der Waals surface area contributed by atoms with E-state index in [1.807, 2.05) is 0 Å². The van der Waals surface area contributed by atoms with Gasteiger partial charge in [0.1, 0.15) is 0 Å². The van der Waals surface area contributed by atoms with Crippen LogP contribution in [0.2, 0.25) is 0 Å². The summed E-state index contributed by atoms with van der Waals surface area (Å²) in [6, 6.07) is 47.1. The fourth-order valence-corrected chi connectivity index (χ4v) is 4.95. The summed E-state index contributed by atoms with van der Waals surface area (Å²) >= 11 is 0. The summed E-state index contributed by atoms with van der Waals surface area (Å²) in [6.45, 7) is 2.22. The largest absolute Gasteiger partial charge is 0.315 e. The average molecular weight is 451 g/mol. The maximum Gasteiger partial charge on any atom is 0.0777 e. The first-order valence-corrected chi connectivity index (χ1v) is 12.0. The van der Waals surface area contributed by atoms with E-state index in [1.165, 1.54) is 39.3 Å². The summed E-state index contributed by atoms with van der Waals surface area (Å²) < 4.78 is 4.70. The lowest BCUT2D eigenvalue weighted by Crippen LogP contribution is -2.03. The highest BCUT2D eigenvalue weighted by Gasteiger charge is 2.22. The Hall–Kier alpha value is -4.56. The van der Waals surface area contributed by atoms with E-state index in [0.29, 0.717) is 0 Å². The van der Waals surface area contributed by atoms with E-state index >= 15 is 0 Å². The van der Waals surface area contributed by atoms with Crippen LogP contribution in [-0.4, -0.2) is 9.13 Å². The number of para-hydroxylation sites is 2. The van der Waals surface area contributed by atoms with Crippen LogP contribution in [0.5, 0.6) is 0 Å². The number of aromatic nitrogens is 2. The lowest BCUT2D eigenvalue weighted by molar-refractivity contribution is 0.994. The number of benzene rings is 4. The number of hydrogen-bond acceptors (Lipinski definition) is 0. The lowest BCUT2D eigenvalue weighted by atomic mass is 10.0. The topological polar surface area (TPSA) is 9.86 Å². The Balaban J connectivity index is 1.69. The molecule has 6 aromatic rings. The van der Waals surface area contributed by atoms with Crippen molar-refractivity contribution in [3.63, 3.8) is 0 Å². The molecule has 35 heavy (non-hydrogen) atoms. The second kappa shape index (κ2) is 9.00. The van der Waals surface area contributed by atoms with Crippen molar-refractivity contribution in [2.24, 2.45) is 0 Å². The molecule has 0 saturated heterocycles. The van der Waals surface area contributed by atoms with Gasteiger partial charge in [0.2, 0.25) is 0 Å². The van der Waals surface area contributed by atoms with Gasteiger partial charge in [0, 0.05) is 34.4 Å². The molecule has 168 valence electrons. The van der Waals surface area contributed by atoms with Crippen LogP contribution >= 0.6 is 0 Å². The van der Waals surface area contributed by atoms with Crippen molar-refractivity contribution in [2.75, 3.05) is 0 Å². The van der Waals surface area contributed by atoms with Crippen molar-refractivity contribution in [3.8, 4) is 45.0 Å². The third kappa shape index (κ3) is 3.79. The monoisotopic (exact) mass is 450 g/mol. The van der Waals surface area contributed by atoms with E-state index in [2.05, 4.69) is 156 Å². The van der Waals surface area contributed by atoms with Crippen molar-refractivity contribution in [2.45, 2.75) is 6.92 Å². The van der Waals surface area contributed by atoms with Gasteiger partial charge in [-0.1, -0.05) is 97.1 Å². The third-order valence-corrected chi connectivity index (χ3v) is 6.59. The van der Waals surface area contributed by atoms with Crippen LogP contribution in [0.4, 0.5) is 0 Å². The van der Waals surface area contributed by atoms with Gasteiger partial charge in [-0.3, -0.25) is 0 Å². The smallest absolute Gasteiger partial charge is 0.0777 e. The summed E-state index contributed by atoms with van der Waals surface area (Å²) in [5.41, 5.74) is 10.7. The number of nitrogens with zero attached hydrogens (tertiary/aromatic N) is 2. The average Bonchev–Trinajstić information content (AvgIpc) is 3.52. The van der Waals surface area contributed by atoms with E-state index in [0.717, 1.165) is 11.4 Å². The zero-order valence-corrected chi connectivity index (χ0v) is 19.7. The van der Waals surface area contributed by atoms with Gasteiger partial charge in [0.05, 0.1) is 11.4 Å². The van der Waals surface area contributed by atoms with Crippen LogP contribution in [-0.2, 0) is 0 Å². The molecule has 2 nitrogen and oxygen atoms in total. The number of hydrogen-bond donors (Lipinski definition) is 0. The zero-order valence-electron chi connectivity index (χ0n) is 19.7. The normalized spacial score (nSPS) is 11.0. The van der Waals surface area contributed by atoms with Gasteiger partial charge < -0.3 is 9.13 Å². The minimum atomic E-state index is 1.14. The van der Waals surface area contributed by atoms with E-state index in [9.17, 15) is 0 Å². The van der Waals surface area contributed by atoms with E-state index in [4.69, 9.17) is 0 Å². The molecule has 0 aliphatic rings. The molecule has 0 fully saturated rings. The third-order valence-electron chi connectivity index (χ3n) is 6.59. The van der Waals surface area contributed by atoms with Crippen molar-refractivity contribution < 1.29 is 0 Å². The summed E-state index contributed by atoms with van der Waals surface area (Å²) in [5, 5.41) is 0. The molecule has 0 unspecified atom stereocenters. The molecule has 4 aromatic carbocycles. The Morgan fingerprint density at radius 3 is 1.54 bits per heavy atom. The van der Waals surface area contributed by atoms with Gasteiger partial charge in [-0.25, -0.2) is 0 Å². The first-order chi connectivity index (χ1) is 17.3. The molecule has 0 aliphatic heterocycles. The van der Waals surface area contributed by atoms with Gasteiger partial charge in [0.25, 0.3) is 0 Å². The minimum absolute atomic E-state index is 1.14. The first-order valence-electron chi connectivity index (χ1n) is 12.0. The van der Waals surface area contributed by atoms with Crippen LogP contribution in [0.3, 0.4) is 0 Å². The predicted octanol–water partition coefficient (Wildman–Crippen LogP) is 8.58. The molecule has 6 rings (SSSR count). The SMILES string of the molecule is Cc1c(-c2ccccc2)cc(-c2c(-c3ccccc3)ccn2-c2ccccc2)n1-c1ccccc1. The predicted molar refractivity (Wildman–Crippen MR) is 146 cm³/mol. The molecule has 0 amide bonds. The Bertz CT molecular complexity index is 1500. The quantitative estimate of drug-likeness (QED) is 0.249. The molecule has 2 heterocycles. The second-order valence-electron chi connectivity index (χ2n) is 8.72. The fourth-order valence-electron chi connectivity index (χ4n) is 4.95.